The van der Waals surface area contributed by atoms with Gasteiger partial charge in [-0.05, 0) is 96.9 Å². The molecule has 0 spiro atoms. The fourth-order valence-electron chi connectivity index (χ4n) is 5.05. The molecule has 242 valence electrons. The second-order valence-corrected chi connectivity index (χ2v) is 11.7. The molecule has 1 aliphatic heterocycles. The van der Waals surface area contributed by atoms with Crippen LogP contribution in [0.2, 0.25) is 0 Å². The van der Waals surface area contributed by atoms with Crippen LogP contribution in [0.4, 0.5) is 11.4 Å². The summed E-state index contributed by atoms with van der Waals surface area (Å²) in [6, 6.07) is 40.7. The minimum absolute atomic E-state index is 0.138. The molecule has 5 aromatic carbocycles. The zero-order valence-corrected chi connectivity index (χ0v) is 27.7. The molecule has 5 aromatic rings. The van der Waals surface area contributed by atoms with E-state index < -0.39 is 0 Å². The highest BCUT2D eigenvalue weighted by Crippen LogP contribution is 2.39. The Hall–Kier alpha value is -5.47. The molecule has 0 aliphatic carbocycles. The van der Waals surface area contributed by atoms with E-state index in [4.69, 9.17) is 23.9 Å². The molecule has 0 unspecified atom stereocenters. The van der Waals surface area contributed by atoms with Crippen LogP contribution >= 0.6 is 11.8 Å². The van der Waals surface area contributed by atoms with Crippen LogP contribution in [0.1, 0.15) is 30.5 Å². The zero-order chi connectivity index (χ0) is 33.1. The maximum absolute atomic E-state index is 13.7. The van der Waals surface area contributed by atoms with Gasteiger partial charge in [-0.2, -0.15) is 0 Å². The number of nitrogens with zero attached hydrogens (tertiary/aromatic N) is 2. The standard InChI is InChI=1S/C40H36N2O5S/c1-3-44-36-24-30(26-38-39(43)42(33-18-12-7-13-19-33)40(48-38)41-32-16-10-6-11-17-32)20-22-34(36)47-28-31-21-23-35(37(25-31)45-4-2)46-27-29-14-8-5-9-15-29/h5-26H,3-4,27-28H2,1-2H3/b38-26+,41-40?. The van der Waals surface area contributed by atoms with E-state index in [1.54, 1.807) is 4.90 Å². The molecule has 0 atom stereocenters. The molecule has 6 rings (SSSR count). The third-order valence-electron chi connectivity index (χ3n) is 7.31. The number of carbonyl (C=O) groups excluding carboxylic acids is 1. The summed E-state index contributed by atoms with van der Waals surface area (Å²) in [6.45, 7) is 5.61. The first kappa shape index (κ1) is 32.5. The molecular formula is C40H36N2O5S. The summed E-state index contributed by atoms with van der Waals surface area (Å²) in [5.74, 6) is 2.40. The van der Waals surface area contributed by atoms with Gasteiger partial charge in [0.1, 0.15) is 13.2 Å². The average molecular weight is 657 g/mol. The van der Waals surface area contributed by atoms with Crippen molar-refractivity contribution >= 4 is 40.3 Å². The molecule has 0 aromatic heterocycles. The Bertz CT molecular complexity index is 1900. The van der Waals surface area contributed by atoms with Crippen LogP contribution in [0.5, 0.6) is 23.0 Å². The first-order valence-corrected chi connectivity index (χ1v) is 16.7. The Morgan fingerprint density at radius 1 is 0.625 bits per heavy atom. The van der Waals surface area contributed by atoms with Crippen molar-refractivity contribution in [2.24, 2.45) is 4.99 Å². The van der Waals surface area contributed by atoms with Gasteiger partial charge in [0.15, 0.2) is 28.2 Å². The summed E-state index contributed by atoms with van der Waals surface area (Å²) in [6.07, 6.45) is 1.87. The predicted molar refractivity (Wildman–Crippen MR) is 193 cm³/mol. The molecular weight excluding hydrogens is 621 g/mol. The molecule has 48 heavy (non-hydrogen) atoms. The summed E-state index contributed by atoms with van der Waals surface area (Å²) in [7, 11) is 0. The minimum Gasteiger partial charge on any atom is -0.490 e. The highest BCUT2D eigenvalue weighted by molar-refractivity contribution is 8.19. The molecule has 1 saturated heterocycles. The van der Waals surface area contributed by atoms with Crippen LogP contribution in [0.25, 0.3) is 6.08 Å². The first-order chi connectivity index (χ1) is 23.6. The van der Waals surface area contributed by atoms with Crippen molar-refractivity contribution in [1.29, 1.82) is 0 Å². The molecule has 8 heteroatoms. The number of rotatable bonds is 13. The van der Waals surface area contributed by atoms with E-state index in [9.17, 15) is 4.79 Å². The number of amidine groups is 1. The number of benzene rings is 5. The predicted octanol–water partition coefficient (Wildman–Crippen LogP) is 9.45. The smallest absolute Gasteiger partial charge is 0.271 e. The number of hydrogen-bond acceptors (Lipinski definition) is 7. The molecule has 1 aliphatic rings. The number of anilines is 1. The van der Waals surface area contributed by atoms with E-state index in [0.29, 0.717) is 59.5 Å². The van der Waals surface area contributed by atoms with Crippen LogP contribution in [-0.2, 0) is 18.0 Å². The lowest BCUT2D eigenvalue weighted by Gasteiger charge is -2.16. The number of thioether (sulfide) groups is 1. The Balaban J connectivity index is 1.20. The van der Waals surface area contributed by atoms with Crippen LogP contribution in [-0.4, -0.2) is 24.3 Å². The Kier molecular flexibility index (Phi) is 10.7. The van der Waals surface area contributed by atoms with E-state index in [2.05, 4.69) is 0 Å². The lowest BCUT2D eigenvalue weighted by Crippen LogP contribution is -2.28. The van der Waals surface area contributed by atoms with Crippen molar-refractivity contribution < 1.29 is 23.7 Å². The highest BCUT2D eigenvalue weighted by atomic mass is 32.2. The zero-order valence-electron chi connectivity index (χ0n) is 26.9. The molecule has 0 N–H and O–H groups in total. The summed E-state index contributed by atoms with van der Waals surface area (Å²) < 4.78 is 24.2. The summed E-state index contributed by atoms with van der Waals surface area (Å²) in [5.41, 5.74) is 4.36. The molecule has 1 amide bonds. The van der Waals surface area contributed by atoms with Crippen molar-refractivity contribution in [3.05, 3.63) is 149 Å². The van der Waals surface area contributed by atoms with Crippen LogP contribution in [0, 0.1) is 0 Å². The quantitative estimate of drug-likeness (QED) is 0.118. The highest BCUT2D eigenvalue weighted by Gasteiger charge is 2.34. The Morgan fingerprint density at radius 3 is 1.88 bits per heavy atom. The SMILES string of the molecule is CCOc1cc(/C=C2/SC(=Nc3ccccc3)N(c3ccccc3)C2=O)ccc1OCc1ccc(OCc2ccccc2)c(OCC)c1. The molecule has 7 nitrogen and oxygen atoms in total. The third kappa shape index (κ3) is 8.08. The molecule has 1 fully saturated rings. The topological polar surface area (TPSA) is 69.6 Å². The maximum atomic E-state index is 13.7. The third-order valence-corrected chi connectivity index (χ3v) is 8.28. The van der Waals surface area contributed by atoms with Crippen molar-refractivity contribution in [1.82, 2.24) is 0 Å². The summed E-state index contributed by atoms with van der Waals surface area (Å²) in [4.78, 5) is 20.8. The van der Waals surface area contributed by atoms with Gasteiger partial charge >= 0.3 is 0 Å². The van der Waals surface area contributed by atoms with Gasteiger partial charge in [0.25, 0.3) is 5.91 Å². The van der Waals surface area contributed by atoms with E-state index in [-0.39, 0.29) is 5.91 Å². The number of hydrogen-bond donors (Lipinski definition) is 0. The first-order valence-electron chi connectivity index (χ1n) is 15.9. The van der Waals surface area contributed by atoms with Crippen molar-refractivity contribution in [3.8, 4) is 23.0 Å². The number of carbonyl (C=O) groups is 1. The molecule has 0 bridgehead atoms. The van der Waals surface area contributed by atoms with Gasteiger partial charge in [-0.15, -0.1) is 0 Å². The monoisotopic (exact) mass is 656 g/mol. The fourth-order valence-corrected chi connectivity index (χ4v) is 6.05. The fraction of sp³-hybridized carbons (Fsp3) is 0.150. The summed E-state index contributed by atoms with van der Waals surface area (Å²) in [5, 5.41) is 0.594. The van der Waals surface area contributed by atoms with Crippen molar-refractivity contribution in [2.75, 3.05) is 18.1 Å². The van der Waals surface area contributed by atoms with Crippen LogP contribution in [0.3, 0.4) is 0 Å². The van der Waals surface area contributed by atoms with E-state index >= 15 is 0 Å². The normalized spacial score (nSPS) is 14.4. The van der Waals surface area contributed by atoms with Gasteiger partial charge in [0.05, 0.1) is 29.5 Å². The van der Waals surface area contributed by atoms with Crippen LogP contribution in [0.15, 0.2) is 137 Å². The number of ether oxygens (including phenoxy) is 4. The Morgan fingerprint density at radius 2 is 1.21 bits per heavy atom. The minimum atomic E-state index is -0.138. The molecule has 1 heterocycles. The number of para-hydroxylation sites is 2. The lowest BCUT2D eigenvalue weighted by atomic mass is 10.1. The number of amides is 1. The molecule has 0 radical (unpaired) electrons. The van der Waals surface area contributed by atoms with Gasteiger partial charge in [-0.25, -0.2) is 4.99 Å². The van der Waals surface area contributed by atoms with Gasteiger partial charge in [0, 0.05) is 0 Å². The van der Waals surface area contributed by atoms with Gasteiger partial charge in [0.2, 0.25) is 0 Å². The van der Waals surface area contributed by atoms with Gasteiger partial charge < -0.3 is 18.9 Å². The summed E-state index contributed by atoms with van der Waals surface area (Å²) >= 11 is 1.34. The van der Waals surface area contributed by atoms with Crippen molar-refractivity contribution in [2.45, 2.75) is 27.1 Å². The second kappa shape index (κ2) is 15.9. The molecule has 0 saturated carbocycles. The van der Waals surface area contributed by atoms with Gasteiger partial charge in [-0.1, -0.05) is 78.9 Å². The lowest BCUT2D eigenvalue weighted by molar-refractivity contribution is -0.113. The van der Waals surface area contributed by atoms with E-state index in [0.717, 1.165) is 28.1 Å². The largest absolute Gasteiger partial charge is 0.490 e. The second-order valence-electron chi connectivity index (χ2n) is 10.7. The van der Waals surface area contributed by atoms with Crippen LogP contribution < -0.4 is 23.8 Å². The number of aliphatic imine (C=N–C) groups is 1. The van der Waals surface area contributed by atoms with Gasteiger partial charge in [-0.3, -0.25) is 9.69 Å². The Labute approximate surface area is 285 Å². The average Bonchev–Trinajstić information content (AvgIpc) is 3.42. The van der Waals surface area contributed by atoms with E-state index in [1.807, 2.05) is 147 Å². The van der Waals surface area contributed by atoms with Crippen molar-refractivity contribution in [3.63, 3.8) is 0 Å². The maximum Gasteiger partial charge on any atom is 0.271 e. The van der Waals surface area contributed by atoms with E-state index in [1.165, 1.54) is 11.8 Å².